The van der Waals surface area contributed by atoms with E-state index in [1.807, 2.05) is 11.8 Å². The van der Waals surface area contributed by atoms with Gasteiger partial charge in [-0.25, -0.2) is 9.97 Å². The minimum absolute atomic E-state index is 0.631. The van der Waals surface area contributed by atoms with Crippen LogP contribution in [0, 0.1) is 5.92 Å². The van der Waals surface area contributed by atoms with E-state index in [-0.39, 0.29) is 0 Å². The number of nitrogens with zero attached hydrogens (tertiary/aromatic N) is 2. The second-order valence-electron chi connectivity index (χ2n) is 4.43. The summed E-state index contributed by atoms with van der Waals surface area (Å²) in [7, 11) is 0. The molecule has 0 aliphatic carbocycles. The molecule has 4 heteroatoms. The Balaban J connectivity index is 2.84. The topological polar surface area (TPSA) is 37.8 Å². The quantitative estimate of drug-likeness (QED) is 0.808. The molecule has 96 valence electrons. The first kappa shape index (κ1) is 14.3. The zero-order valence-electron chi connectivity index (χ0n) is 11.3. The van der Waals surface area contributed by atoms with Crippen LogP contribution in [0.5, 0.6) is 0 Å². The molecule has 1 rings (SSSR count). The molecule has 0 saturated heterocycles. The summed E-state index contributed by atoms with van der Waals surface area (Å²) in [4.78, 5) is 9.15. The number of aromatic nitrogens is 2. The first-order valence-electron chi connectivity index (χ1n) is 6.34. The van der Waals surface area contributed by atoms with Crippen molar-refractivity contribution in [2.75, 3.05) is 17.6 Å². The molecule has 0 saturated carbocycles. The molecule has 1 aromatic heterocycles. The van der Waals surface area contributed by atoms with Crippen LogP contribution in [0.3, 0.4) is 0 Å². The van der Waals surface area contributed by atoms with E-state index in [2.05, 4.69) is 49.0 Å². The first-order chi connectivity index (χ1) is 8.15. The van der Waals surface area contributed by atoms with Gasteiger partial charge in [-0.2, -0.15) is 11.8 Å². The SMILES string of the molecule is CCNc1cc(CC(C)C)nc(CSCC)n1. The lowest BCUT2D eigenvalue weighted by Gasteiger charge is -2.10. The zero-order valence-corrected chi connectivity index (χ0v) is 12.1. The third-order valence-electron chi connectivity index (χ3n) is 2.24. The highest BCUT2D eigenvalue weighted by Gasteiger charge is 2.06. The molecular formula is C13H23N3S. The molecule has 0 atom stereocenters. The molecule has 0 bridgehead atoms. The number of hydrogen-bond acceptors (Lipinski definition) is 4. The van der Waals surface area contributed by atoms with Gasteiger partial charge in [0.25, 0.3) is 0 Å². The van der Waals surface area contributed by atoms with Crippen LogP contribution in [0.1, 0.15) is 39.2 Å². The molecule has 1 aromatic rings. The summed E-state index contributed by atoms with van der Waals surface area (Å²) in [5, 5.41) is 3.28. The monoisotopic (exact) mass is 253 g/mol. The molecule has 0 amide bonds. The average molecular weight is 253 g/mol. The Hall–Kier alpha value is -0.770. The van der Waals surface area contributed by atoms with Crippen molar-refractivity contribution >= 4 is 17.6 Å². The summed E-state index contributed by atoms with van der Waals surface area (Å²) in [5.74, 6) is 4.55. The average Bonchev–Trinajstić information content (AvgIpc) is 2.25. The minimum Gasteiger partial charge on any atom is -0.370 e. The third kappa shape index (κ3) is 5.39. The maximum Gasteiger partial charge on any atom is 0.140 e. The Kier molecular flexibility index (Phi) is 6.34. The fourth-order valence-electron chi connectivity index (χ4n) is 1.60. The number of nitrogens with one attached hydrogen (secondary N) is 1. The third-order valence-corrected chi connectivity index (χ3v) is 3.11. The van der Waals surface area contributed by atoms with Gasteiger partial charge in [-0.1, -0.05) is 20.8 Å². The summed E-state index contributed by atoms with van der Waals surface area (Å²) >= 11 is 1.86. The molecule has 1 heterocycles. The Bertz CT molecular complexity index is 339. The van der Waals surface area contributed by atoms with Gasteiger partial charge in [0, 0.05) is 18.3 Å². The highest BCUT2D eigenvalue weighted by Crippen LogP contribution is 2.14. The van der Waals surface area contributed by atoms with Crippen molar-refractivity contribution in [3.8, 4) is 0 Å². The predicted octanol–water partition coefficient (Wildman–Crippen LogP) is 3.36. The number of anilines is 1. The summed E-state index contributed by atoms with van der Waals surface area (Å²) in [6.07, 6.45) is 1.02. The van der Waals surface area contributed by atoms with E-state index >= 15 is 0 Å². The molecule has 17 heavy (non-hydrogen) atoms. The van der Waals surface area contributed by atoms with Gasteiger partial charge in [0.2, 0.25) is 0 Å². The number of thioether (sulfide) groups is 1. The van der Waals surface area contributed by atoms with Gasteiger partial charge in [0.15, 0.2) is 0 Å². The molecule has 1 N–H and O–H groups in total. The van der Waals surface area contributed by atoms with Crippen LogP contribution in [0.15, 0.2) is 6.07 Å². The maximum absolute atomic E-state index is 4.62. The summed E-state index contributed by atoms with van der Waals surface area (Å²) < 4.78 is 0. The van der Waals surface area contributed by atoms with Gasteiger partial charge in [-0.3, -0.25) is 0 Å². The van der Waals surface area contributed by atoms with E-state index in [0.717, 1.165) is 41.8 Å². The first-order valence-corrected chi connectivity index (χ1v) is 7.49. The highest BCUT2D eigenvalue weighted by molar-refractivity contribution is 7.98. The summed E-state index contributed by atoms with van der Waals surface area (Å²) in [6.45, 7) is 9.59. The van der Waals surface area contributed by atoms with Crippen LogP contribution in [0.25, 0.3) is 0 Å². The Morgan fingerprint density at radius 2 is 2.06 bits per heavy atom. The van der Waals surface area contributed by atoms with Crippen LogP contribution in [0.2, 0.25) is 0 Å². The largest absolute Gasteiger partial charge is 0.370 e. The smallest absolute Gasteiger partial charge is 0.140 e. The van der Waals surface area contributed by atoms with E-state index in [9.17, 15) is 0 Å². The van der Waals surface area contributed by atoms with Gasteiger partial charge in [-0.05, 0) is 25.0 Å². The van der Waals surface area contributed by atoms with E-state index in [0.29, 0.717) is 5.92 Å². The fraction of sp³-hybridized carbons (Fsp3) is 0.692. The Morgan fingerprint density at radius 1 is 1.29 bits per heavy atom. The molecule has 0 aliphatic rings. The van der Waals surface area contributed by atoms with Gasteiger partial charge >= 0.3 is 0 Å². The predicted molar refractivity (Wildman–Crippen MR) is 76.6 cm³/mol. The van der Waals surface area contributed by atoms with Crippen LogP contribution in [-0.4, -0.2) is 22.3 Å². The standard InChI is InChI=1S/C13H23N3S/c1-5-14-12-8-11(7-10(3)4)15-13(16-12)9-17-6-2/h8,10H,5-7,9H2,1-4H3,(H,14,15,16). The normalized spacial score (nSPS) is 10.9. The summed E-state index contributed by atoms with van der Waals surface area (Å²) in [5.41, 5.74) is 1.15. The van der Waals surface area contributed by atoms with Gasteiger partial charge < -0.3 is 5.32 Å². The van der Waals surface area contributed by atoms with Crippen molar-refractivity contribution in [1.82, 2.24) is 9.97 Å². The van der Waals surface area contributed by atoms with Gasteiger partial charge in [0.1, 0.15) is 11.6 Å². The molecule has 0 spiro atoms. The molecule has 0 unspecified atom stereocenters. The highest BCUT2D eigenvalue weighted by atomic mass is 32.2. The number of rotatable bonds is 7. The molecular weight excluding hydrogens is 230 g/mol. The molecule has 0 aliphatic heterocycles. The van der Waals surface area contributed by atoms with Crippen LogP contribution in [0.4, 0.5) is 5.82 Å². The molecule has 0 aromatic carbocycles. The van der Waals surface area contributed by atoms with Crippen molar-refractivity contribution in [1.29, 1.82) is 0 Å². The van der Waals surface area contributed by atoms with Gasteiger partial charge in [0.05, 0.1) is 5.75 Å². The van der Waals surface area contributed by atoms with Crippen LogP contribution >= 0.6 is 11.8 Å². The lowest BCUT2D eigenvalue weighted by Crippen LogP contribution is -2.07. The van der Waals surface area contributed by atoms with E-state index < -0.39 is 0 Å². The zero-order chi connectivity index (χ0) is 12.7. The molecule has 0 fully saturated rings. The Morgan fingerprint density at radius 3 is 2.65 bits per heavy atom. The molecule has 0 radical (unpaired) electrons. The second kappa shape index (κ2) is 7.54. The van der Waals surface area contributed by atoms with Crippen molar-refractivity contribution < 1.29 is 0 Å². The van der Waals surface area contributed by atoms with Crippen molar-refractivity contribution in [2.45, 2.75) is 39.9 Å². The van der Waals surface area contributed by atoms with Crippen molar-refractivity contribution in [3.63, 3.8) is 0 Å². The van der Waals surface area contributed by atoms with Gasteiger partial charge in [-0.15, -0.1) is 0 Å². The lowest BCUT2D eigenvalue weighted by molar-refractivity contribution is 0.632. The van der Waals surface area contributed by atoms with E-state index in [1.165, 1.54) is 0 Å². The Labute approximate surface area is 109 Å². The number of hydrogen-bond donors (Lipinski definition) is 1. The van der Waals surface area contributed by atoms with Crippen LogP contribution in [-0.2, 0) is 12.2 Å². The maximum atomic E-state index is 4.62. The fourth-order valence-corrected chi connectivity index (χ4v) is 2.12. The summed E-state index contributed by atoms with van der Waals surface area (Å²) in [6, 6.07) is 2.07. The van der Waals surface area contributed by atoms with Crippen molar-refractivity contribution in [3.05, 3.63) is 17.6 Å². The van der Waals surface area contributed by atoms with E-state index in [4.69, 9.17) is 0 Å². The molecule has 3 nitrogen and oxygen atoms in total. The minimum atomic E-state index is 0.631. The van der Waals surface area contributed by atoms with Crippen molar-refractivity contribution in [2.24, 2.45) is 5.92 Å². The second-order valence-corrected chi connectivity index (χ2v) is 5.70. The lowest BCUT2D eigenvalue weighted by atomic mass is 10.1. The van der Waals surface area contributed by atoms with Crippen LogP contribution < -0.4 is 5.32 Å². The van der Waals surface area contributed by atoms with E-state index in [1.54, 1.807) is 0 Å².